The standard InChI is InChI=1S/C17H25NO/c19-13-16-11-17(9-5-2-6-10-17)14-18(16)12-15-7-3-1-4-8-15/h1,3-4,7-8,16,19H,2,5-6,9-14H2. The molecular formula is C17H25NO. The zero-order valence-corrected chi connectivity index (χ0v) is 11.7. The van der Waals surface area contributed by atoms with E-state index in [2.05, 4.69) is 35.2 Å². The van der Waals surface area contributed by atoms with Crippen molar-refractivity contribution in [2.45, 2.75) is 51.1 Å². The predicted octanol–water partition coefficient (Wildman–Crippen LogP) is 3.20. The molecule has 1 aliphatic carbocycles. The number of rotatable bonds is 3. The molecule has 2 fully saturated rings. The minimum absolute atomic E-state index is 0.314. The summed E-state index contributed by atoms with van der Waals surface area (Å²) in [4.78, 5) is 2.51. The quantitative estimate of drug-likeness (QED) is 0.901. The van der Waals surface area contributed by atoms with Gasteiger partial charge in [0.1, 0.15) is 0 Å². The Balaban J connectivity index is 1.70. The molecule has 1 saturated heterocycles. The van der Waals surface area contributed by atoms with Crippen LogP contribution in [0.2, 0.25) is 0 Å². The normalized spacial score (nSPS) is 26.9. The Morgan fingerprint density at radius 1 is 1.11 bits per heavy atom. The summed E-state index contributed by atoms with van der Waals surface area (Å²) in [6.07, 6.45) is 8.12. The molecule has 3 rings (SSSR count). The van der Waals surface area contributed by atoms with E-state index >= 15 is 0 Å². The lowest BCUT2D eigenvalue weighted by atomic mass is 9.73. The van der Waals surface area contributed by atoms with Crippen LogP contribution in [0.1, 0.15) is 44.1 Å². The van der Waals surface area contributed by atoms with E-state index in [-0.39, 0.29) is 0 Å². The largest absolute Gasteiger partial charge is 0.395 e. The number of nitrogens with zero attached hydrogens (tertiary/aromatic N) is 1. The molecule has 1 aromatic rings. The van der Waals surface area contributed by atoms with Gasteiger partial charge in [-0.1, -0.05) is 49.6 Å². The van der Waals surface area contributed by atoms with Gasteiger partial charge in [-0.05, 0) is 30.2 Å². The predicted molar refractivity (Wildman–Crippen MR) is 77.9 cm³/mol. The maximum atomic E-state index is 9.69. The average Bonchev–Trinajstić information content (AvgIpc) is 2.78. The van der Waals surface area contributed by atoms with Crippen molar-refractivity contribution in [1.82, 2.24) is 4.90 Å². The molecule has 1 atom stereocenters. The summed E-state index contributed by atoms with van der Waals surface area (Å²) in [5.74, 6) is 0. The lowest BCUT2D eigenvalue weighted by molar-refractivity contribution is 0.150. The minimum atomic E-state index is 0.314. The Morgan fingerprint density at radius 3 is 2.53 bits per heavy atom. The van der Waals surface area contributed by atoms with E-state index in [0.717, 1.165) is 6.54 Å². The van der Waals surface area contributed by atoms with Crippen molar-refractivity contribution in [3.8, 4) is 0 Å². The summed E-state index contributed by atoms with van der Waals surface area (Å²) in [7, 11) is 0. The van der Waals surface area contributed by atoms with Crippen LogP contribution in [0.4, 0.5) is 0 Å². The number of aliphatic hydroxyl groups is 1. The summed E-state index contributed by atoms with van der Waals surface area (Å²) in [5, 5.41) is 9.69. The van der Waals surface area contributed by atoms with Gasteiger partial charge in [-0.15, -0.1) is 0 Å². The van der Waals surface area contributed by atoms with Crippen LogP contribution in [-0.2, 0) is 6.54 Å². The molecule has 2 aliphatic rings. The highest BCUT2D eigenvalue weighted by atomic mass is 16.3. The van der Waals surface area contributed by atoms with Crippen molar-refractivity contribution in [3.63, 3.8) is 0 Å². The highest BCUT2D eigenvalue weighted by Crippen LogP contribution is 2.46. The molecule has 1 saturated carbocycles. The molecule has 104 valence electrons. The van der Waals surface area contributed by atoms with Crippen molar-refractivity contribution < 1.29 is 5.11 Å². The van der Waals surface area contributed by atoms with E-state index < -0.39 is 0 Å². The Kier molecular flexibility index (Phi) is 3.90. The molecule has 1 aromatic carbocycles. The van der Waals surface area contributed by atoms with Gasteiger partial charge in [-0.2, -0.15) is 0 Å². The van der Waals surface area contributed by atoms with Crippen molar-refractivity contribution in [3.05, 3.63) is 35.9 Å². The van der Waals surface area contributed by atoms with Crippen molar-refractivity contribution >= 4 is 0 Å². The van der Waals surface area contributed by atoms with E-state index in [1.54, 1.807) is 0 Å². The van der Waals surface area contributed by atoms with E-state index in [1.165, 1.54) is 50.6 Å². The molecular weight excluding hydrogens is 234 g/mol. The number of likely N-dealkylation sites (tertiary alicyclic amines) is 1. The van der Waals surface area contributed by atoms with Gasteiger partial charge in [0.2, 0.25) is 0 Å². The van der Waals surface area contributed by atoms with Crippen molar-refractivity contribution in [1.29, 1.82) is 0 Å². The number of aliphatic hydroxyl groups excluding tert-OH is 1. The Hall–Kier alpha value is -0.860. The molecule has 1 spiro atoms. The molecule has 0 aromatic heterocycles. The first-order valence-electron chi connectivity index (χ1n) is 7.70. The molecule has 1 unspecified atom stereocenters. The molecule has 0 bridgehead atoms. The molecule has 1 heterocycles. The van der Waals surface area contributed by atoms with Gasteiger partial charge in [-0.25, -0.2) is 0 Å². The SMILES string of the molecule is OCC1CC2(CCCCC2)CN1Cc1ccccc1. The highest BCUT2D eigenvalue weighted by molar-refractivity contribution is 5.15. The highest BCUT2D eigenvalue weighted by Gasteiger charge is 2.43. The van der Waals surface area contributed by atoms with Gasteiger partial charge < -0.3 is 5.11 Å². The maximum Gasteiger partial charge on any atom is 0.0587 e. The topological polar surface area (TPSA) is 23.5 Å². The molecule has 2 heteroatoms. The third-order valence-corrected chi connectivity index (χ3v) is 5.08. The molecule has 1 N–H and O–H groups in total. The van der Waals surface area contributed by atoms with E-state index in [9.17, 15) is 5.11 Å². The smallest absolute Gasteiger partial charge is 0.0587 e. The first kappa shape index (κ1) is 13.1. The third-order valence-electron chi connectivity index (χ3n) is 5.08. The van der Waals surface area contributed by atoms with Crippen molar-refractivity contribution in [2.75, 3.05) is 13.2 Å². The average molecular weight is 259 g/mol. The van der Waals surface area contributed by atoms with E-state index in [1.807, 2.05) is 0 Å². The molecule has 2 nitrogen and oxygen atoms in total. The Morgan fingerprint density at radius 2 is 1.84 bits per heavy atom. The zero-order valence-electron chi connectivity index (χ0n) is 11.7. The summed E-state index contributed by atoms with van der Waals surface area (Å²) in [5.41, 5.74) is 1.88. The van der Waals surface area contributed by atoms with Crippen LogP contribution in [0.3, 0.4) is 0 Å². The van der Waals surface area contributed by atoms with Crippen molar-refractivity contribution in [2.24, 2.45) is 5.41 Å². The van der Waals surface area contributed by atoms with Gasteiger partial charge in [0.25, 0.3) is 0 Å². The number of hydrogen-bond acceptors (Lipinski definition) is 2. The fourth-order valence-corrected chi connectivity index (χ4v) is 4.10. The maximum absolute atomic E-state index is 9.69. The summed E-state index contributed by atoms with van der Waals surface area (Å²) in [6.45, 7) is 2.50. The number of hydrogen-bond donors (Lipinski definition) is 1. The fraction of sp³-hybridized carbons (Fsp3) is 0.647. The lowest BCUT2D eigenvalue weighted by Gasteiger charge is -2.33. The van der Waals surface area contributed by atoms with Crippen LogP contribution in [0.25, 0.3) is 0 Å². The number of benzene rings is 1. The second-order valence-corrected chi connectivity index (χ2v) is 6.49. The van der Waals surface area contributed by atoms with Crippen LogP contribution in [0, 0.1) is 5.41 Å². The van der Waals surface area contributed by atoms with Crippen LogP contribution in [-0.4, -0.2) is 29.2 Å². The third kappa shape index (κ3) is 2.85. The molecule has 0 amide bonds. The second-order valence-electron chi connectivity index (χ2n) is 6.49. The van der Waals surface area contributed by atoms with Gasteiger partial charge in [0.15, 0.2) is 0 Å². The summed E-state index contributed by atoms with van der Waals surface area (Å²) >= 11 is 0. The van der Waals surface area contributed by atoms with Crippen LogP contribution >= 0.6 is 0 Å². The lowest BCUT2D eigenvalue weighted by Crippen LogP contribution is -2.32. The van der Waals surface area contributed by atoms with Crippen LogP contribution in [0.15, 0.2) is 30.3 Å². The Labute approximate surface area is 116 Å². The molecule has 19 heavy (non-hydrogen) atoms. The monoisotopic (exact) mass is 259 g/mol. The van der Waals surface area contributed by atoms with Gasteiger partial charge in [0.05, 0.1) is 6.61 Å². The zero-order chi connectivity index (χ0) is 13.1. The van der Waals surface area contributed by atoms with E-state index in [4.69, 9.17) is 0 Å². The second kappa shape index (κ2) is 5.64. The fourth-order valence-electron chi connectivity index (χ4n) is 4.10. The summed E-state index contributed by atoms with van der Waals surface area (Å²) in [6, 6.07) is 11.0. The Bertz CT molecular complexity index is 397. The summed E-state index contributed by atoms with van der Waals surface area (Å²) < 4.78 is 0. The minimum Gasteiger partial charge on any atom is -0.395 e. The van der Waals surface area contributed by atoms with E-state index in [0.29, 0.717) is 18.1 Å². The van der Waals surface area contributed by atoms with Gasteiger partial charge >= 0.3 is 0 Å². The molecule has 1 aliphatic heterocycles. The first-order valence-corrected chi connectivity index (χ1v) is 7.70. The first-order chi connectivity index (χ1) is 9.31. The van der Waals surface area contributed by atoms with Crippen LogP contribution in [0.5, 0.6) is 0 Å². The molecule has 0 radical (unpaired) electrons. The van der Waals surface area contributed by atoms with Gasteiger partial charge in [0, 0.05) is 19.1 Å². The van der Waals surface area contributed by atoms with Gasteiger partial charge in [-0.3, -0.25) is 4.90 Å². The van der Waals surface area contributed by atoms with Crippen LogP contribution < -0.4 is 0 Å².